The summed E-state index contributed by atoms with van der Waals surface area (Å²) in [4.78, 5) is 13.5. The first-order valence-corrected chi connectivity index (χ1v) is 12.6. The van der Waals surface area contributed by atoms with Gasteiger partial charge in [-0.2, -0.15) is 0 Å². The number of aromatic carboxylic acids is 1. The second kappa shape index (κ2) is 13.9. The Hall–Kier alpha value is -4.53. The van der Waals surface area contributed by atoms with Crippen molar-refractivity contribution >= 4 is 27.8 Å². The number of nitrogens with one attached hydrogen (secondary N) is 2. The molecule has 0 bridgehead atoms. The molecule has 0 spiro atoms. The van der Waals surface area contributed by atoms with Crippen LogP contribution in [0.15, 0.2) is 97.1 Å². The van der Waals surface area contributed by atoms with E-state index in [1.165, 1.54) is 12.1 Å². The topological polar surface area (TPSA) is 116 Å². The number of aliphatic hydroxyl groups is 1. The maximum Gasteiger partial charge on any atom is 0.161 e. The molecular formula is C31H31N2O6-. The van der Waals surface area contributed by atoms with E-state index in [9.17, 15) is 15.0 Å². The van der Waals surface area contributed by atoms with Gasteiger partial charge in [0.05, 0.1) is 18.6 Å². The molecule has 4 aromatic carbocycles. The number of carboxylic acid groups (broad SMARTS) is 1. The van der Waals surface area contributed by atoms with E-state index in [0.29, 0.717) is 31.2 Å². The fourth-order valence-electron chi connectivity index (χ4n) is 4.05. The summed E-state index contributed by atoms with van der Waals surface area (Å²) in [5.74, 6) is 1.05. The average Bonchev–Trinajstić information content (AvgIpc) is 3.36. The number of hydrogen-bond acceptors (Lipinski definition) is 7. The van der Waals surface area contributed by atoms with Crippen molar-refractivity contribution in [2.75, 3.05) is 33.4 Å². The van der Waals surface area contributed by atoms with Crippen molar-refractivity contribution in [2.45, 2.75) is 6.10 Å². The molecule has 8 nitrogen and oxygen atoms in total. The molecule has 0 aliphatic rings. The van der Waals surface area contributed by atoms with E-state index in [-0.39, 0.29) is 12.2 Å². The summed E-state index contributed by atoms with van der Waals surface area (Å²) in [7, 11) is 1.62. The Bertz CT molecular complexity index is 1480. The van der Waals surface area contributed by atoms with E-state index in [0.717, 1.165) is 27.6 Å². The molecule has 3 N–H and O–H groups in total. The number of H-pyrrole nitrogens is 1. The van der Waals surface area contributed by atoms with Crippen molar-refractivity contribution in [3.8, 4) is 17.2 Å². The first kappa shape index (κ1) is 27.5. The van der Waals surface area contributed by atoms with Crippen LogP contribution in [0.1, 0.15) is 10.4 Å². The van der Waals surface area contributed by atoms with Gasteiger partial charge < -0.3 is 39.5 Å². The number of rotatable bonds is 11. The highest BCUT2D eigenvalue weighted by Crippen LogP contribution is 2.33. The molecule has 0 aliphatic carbocycles. The summed E-state index contributed by atoms with van der Waals surface area (Å²) in [6, 6.07) is 29.6. The van der Waals surface area contributed by atoms with Crippen molar-refractivity contribution in [3.05, 3.63) is 103 Å². The highest BCUT2D eigenvalue weighted by molar-refractivity contribution is 6.10. The minimum Gasteiger partial charge on any atom is -0.545 e. The summed E-state index contributed by atoms with van der Waals surface area (Å²) in [5, 5.41) is 25.7. The van der Waals surface area contributed by atoms with Crippen molar-refractivity contribution in [2.24, 2.45) is 0 Å². The SMILES string of the molecule is COc1ccccc1OCCNCC(O)COc1cccc2[nH]c3ccccc3c12.O=C([O-])c1ccccc1. The van der Waals surface area contributed by atoms with Crippen molar-refractivity contribution in [1.29, 1.82) is 0 Å². The van der Waals surface area contributed by atoms with Gasteiger partial charge in [-0.05, 0) is 35.9 Å². The Balaban J connectivity index is 0.000000333. The van der Waals surface area contributed by atoms with Crippen LogP contribution in [0, 0.1) is 0 Å². The first-order chi connectivity index (χ1) is 19.1. The molecule has 1 unspecified atom stereocenters. The number of aromatic amines is 1. The molecule has 1 atom stereocenters. The lowest BCUT2D eigenvalue weighted by Crippen LogP contribution is -2.33. The van der Waals surface area contributed by atoms with Gasteiger partial charge in [0, 0.05) is 29.4 Å². The van der Waals surface area contributed by atoms with Crippen LogP contribution in [0.5, 0.6) is 17.2 Å². The van der Waals surface area contributed by atoms with Gasteiger partial charge in [0.1, 0.15) is 25.1 Å². The number of carbonyl (C=O) groups is 1. The number of carbonyl (C=O) groups excluding carboxylic acids is 1. The van der Waals surface area contributed by atoms with Gasteiger partial charge in [-0.15, -0.1) is 0 Å². The van der Waals surface area contributed by atoms with Crippen molar-refractivity contribution < 1.29 is 29.2 Å². The molecule has 39 heavy (non-hydrogen) atoms. The predicted molar refractivity (Wildman–Crippen MR) is 149 cm³/mol. The monoisotopic (exact) mass is 527 g/mol. The predicted octanol–water partition coefficient (Wildman–Crippen LogP) is 3.79. The second-order valence-electron chi connectivity index (χ2n) is 8.67. The Labute approximate surface area is 226 Å². The fraction of sp³-hybridized carbons (Fsp3) is 0.194. The zero-order chi connectivity index (χ0) is 27.5. The second-order valence-corrected chi connectivity index (χ2v) is 8.67. The fourth-order valence-corrected chi connectivity index (χ4v) is 4.05. The first-order valence-electron chi connectivity index (χ1n) is 12.6. The Kier molecular flexibility index (Phi) is 9.77. The number of aliphatic hydroxyl groups excluding tert-OH is 1. The van der Waals surface area contributed by atoms with Crippen LogP contribution in [0.4, 0.5) is 0 Å². The molecule has 5 rings (SSSR count). The Morgan fingerprint density at radius 3 is 2.26 bits per heavy atom. The molecule has 0 amide bonds. The van der Waals surface area contributed by atoms with E-state index in [1.807, 2.05) is 60.7 Å². The van der Waals surface area contributed by atoms with Crippen LogP contribution < -0.4 is 24.6 Å². The number of hydrogen-bond donors (Lipinski definition) is 3. The largest absolute Gasteiger partial charge is 0.545 e. The maximum atomic E-state index is 10.3. The minimum absolute atomic E-state index is 0.207. The molecule has 0 saturated heterocycles. The number of aromatic nitrogens is 1. The third-order valence-electron chi connectivity index (χ3n) is 5.92. The standard InChI is InChI=1S/C24H26N2O4.C7H6O2/c1-28-21-10-4-5-11-22(21)29-14-13-25-15-17(27)16-30-23-12-6-9-20-24(23)18-7-2-3-8-19(18)26-20;8-7(9)6-4-2-1-3-5-6/h2-12,17,25-27H,13-16H2,1H3;1-5H,(H,8,9)/p-1. The molecule has 0 radical (unpaired) electrons. The third-order valence-corrected chi connectivity index (χ3v) is 5.92. The molecule has 8 heteroatoms. The van der Waals surface area contributed by atoms with E-state index in [2.05, 4.69) is 16.4 Å². The number of para-hydroxylation sites is 3. The van der Waals surface area contributed by atoms with Crippen LogP contribution in [0.25, 0.3) is 21.8 Å². The summed E-state index contributed by atoms with van der Waals surface area (Å²) in [6.45, 7) is 1.70. The van der Waals surface area contributed by atoms with Crippen molar-refractivity contribution in [1.82, 2.24) is 10.3 Å². The molecule has 1 heterocycles. The minimum atomic E-state index is -1.13. The zero-order valence-electron chi connectivity index (χ0n) is 21.6. The highest BCUT2D eigenvalue weighted by atomic mass is 16.5. The lowest BCUT2D eigenvalue weighted by molar-refractivity contribution is -0.255. The number of methoxy groups -OCH3 is 1. The van der Waals surface area contributed by atoms with Crippen LogP contribution >= 0.6 is 0 Å². The molecule has 5 aromatic rings. The van der Waals surface area contributed by atoms with E-state index < -0.39 is 12.1 Å². The van der Waals surface area contributed by atoms with E-state index in [1.54, 1.807) is 25.3 Å². The number of carboxylic acids is 1. The Morgan fingerprint density at radius 2 is 1.51 bits per heavy atom. The molecule has 0 saturated carbocycles. The quantitative estimate of drug-likeness (QED) is 0.224. The van der Waals surface area contributed by atoms with Crippen LogP contribution in [0.3, 0.4) is 0 Å². The van der Waals surface area contributed by atoms with Gasteiger partial charge in [0.2, 0.25) is 0 Å². The van der Waals surface area contributed by atoms with Gasteiger partial charge in [-0.25, -0.2) is 0 Å². The molecule has 0 fully saturated rings. The Morgan fingerprint density at radius 1 is 0.846 bits per heavy atom. The van der Waals surface area contributed by atoms with Crippen LogP contribution in [-0.4, -0.2) is 55.6 Å². The summed E-state index contributed by atoms with van der Waals surface area (Å²) in [5.41, 5.74) is 2.31. The van der Waals surface area contributed by atoms with Gasteiger partial charge in [0.25, 0.3) is 0 Å². The van der Waals surface area contributed by atoms with E-state index in [4.69, 9.17) is 14.2 Å². The van der Waals surface area contributed by atoms with Crippen molar-refractivity contribution in [3.63, 3.8) is 0 Å². The molecule has 1 aromatic heterocycles. The van der Waals surface area contributed by atoms with E-state index >= 15 is 0 Å². The number of ether oxygens (including phenoxy) is 3. The highest BCUT2D eigenvalue weighted by Gasteiger charge is 2.11. The van der Waals surface area contributed by atoms with Crippen LogP contribution in [-0.2, 0) is 0 Å². The number of benzene rings is 4. The van der Waals surface area contributed by atoms with Gasteiger partial charge in [-0.1, -0.05) is 66.7 Å². The van der Waals surface area contributed by atoms with Gasteiger partial charge >= 0.3 is 0 Å². The third kappa shape index (κ3) is 7.50. The van der Waals surface area contributed by atoms with Gasteiger partial charge in [-0.3, -0.25) is 0 Å². The lowest BCUT2D eigenvalue weighted by Gasteiger charge is -2.15. The van der Waals surface area contributed by atoms with Crippen LogP contribution in [0.2, 0.25) is 0 Å². The maximum absolute atomic E-state index is 10.3. The van der Waals surface area contributed by atoms with Gasteiger partial charge in [0.15, 0.2) is 11.5 Å². The molecule has 0 aliphatic heterocycles. The number of fused-ring (bicyclic) bond motifs is 3. The summed E-state index contributed by atoms with van der Waals surface area (Å²) < 4.78 is 16.9. The normalized spacial score (nSPS) is 11.4. The molecule has 202 valence electrons. The summed E-state index contributed by atoms with van der Waals surface area (Å²) >= 11 is 0. The zero-order valence-corrected chi connectivity index (χ0v) is 21.6. The molecular weight excluding hydrogens is 496 g/mol. The lowest BCUT2D eigenvalue weighted by atomic mass is 10.1. The summed E-state index contributed by atoms with van der Waals surface area (Å²) in [6.07, 6.45) is -0.628. The smallest absolute Gasteiger partial charge is 0.161 e. The average molecular weight is 528 g/mol.